The smallest absolute Gasteiger partial charge is 0.120 e. The van der Waals surface area contributed by atoms with Crippen LogP contribution in [-0.2, 0) is 10.2 Å². The predicted molar refractivity (Wildman–Crippen MR) is 146 cm³/mol. The van der Waals surface area contributed by atoms with E-state index >= 15 is 0 Å². The number of piperidine rings is 1. The number of rotatable bonds is 14. The van der Waals surface area contributed by atoms with Crippen LogP contribution in [0.25, 0.3) is 0 Å². The van der Waals surface area contributed by atoms with Crippen molar-refractivity contribution in [2.24, 2.45) is 11.8 Å². The van der Waals surface area contributed by atoms with Crippen molar-refractivity contribution in [3.63, 3.8) is 0 Å². The molecular formula is C30H51N3O2. The number of hydrogen-bond acceptors (Lipinski definition) is 5. The van der Waals surface area contributed by atoms with E-state index in [0.29, 0.717) is 24.0 Å². The average Bonchev–Trinajstić information content (AvgIpc) is 2.86. The Kier molecular flexibility index (Phi) is 11.5. The van der Waals surface area contributed by atoms with Gasteiger partial charge in [0.2, 0.25) is 0 Å². The number of aromatic hydroxyl groups is 1. The number of nitrogens with zero attached hydrogens (tertiary/aromatic N) is 2. The highest BCUT2D eigenvalue weighted by molar-refractivity contribution is 5.49. The normalized spacial score (nSPS) is 25.1. The molecule has 0 aromatic heterocycles. The van der Waals surface area contributed by atoms with Crippen LogP contribution in [0.1, 0.15) is 84.1 Å². The van der Waals surface area contributed by atoms with Crippen molar-refractivity contribution in [2.45, 2.75) is 90.0 Å². The summed E-state index contributed by atoms with van der Waals surface area (Å²) in [6.45, 7) is 14.7. The Bertz CT molecular complexity index is 751. The van der Waals surface area contributed by atoms with Crippen molar-refractivity contribution >= 4 is 6.29 Å². The fraction of sp³-hybridized carbons (Fsp3) is 0.767. The number of nitrogens with one attached hydrogen (secondary N) is 1. The van der Waals surface area contributed by atoms with E-state index in [1.807, 2.05) is 12.1 Å². The van der Waals surface area contributed by atoms with Crippen molar-refractivity contribution in [1.82, 2.24) is 15.1 Å². The van der Waals surface area contributed by atoms with Gasteiger partial charge in [-0.1, -0.05) is 52.2 Å². The van der Waals surface area contributed by atoms with Crippen LogP contribution in [0.15, 0.2) is 24.3 Å². The average molecular weight is 486 g/mol. The highest BCUT2D eigenvalue weighted by Gasteiger charge is 2.38. The summed E-state index contributed by atoms with van der Waals surface area (Å²) >= 11 is 0. The van der Waals surface area contributed by atoms with Gasteiger partial charge in [0.15, 0.2) is 0 Å². The summed E-state index contributed by atoms with van der Waals surface area (Å²) in [5.74, 6) is 1.38. The number of unbranched alkanes of at least 4 members (excludes halogenated alkanes) is 1. The molecule has 1 aliphatic heterocycles. The van der Waals surface area contributed by atoms with Gasteiger partial charge in [-0.2, -0.15) is 0 Å². The lowest BCUT2D eigenvalue weighted by molar-refractivity contribution is -0.108. The third-order valence-electron chi connectivity index (χ3n) is 8.91. The SMILES string of the molecule is CC(CC=O)CNCCCCN(CCN1CCC(C)(c2cccc(O)c2)C(C)C1)C1CCCCC1. The van der Waals surface area contributed by atoms with Gasteiger partial charge in [0.05, 0.1) is 0 Å². The molecule has 1 aliphatic carbocycles. The van der Waals surface area contributed by atoms with Crippen molar-refractivity contribution in [3.8, 4) is 5.75 Å². The maximum atomic E-state index is 10.6. The number of hydrogen-bond donors (Lipinski definition) is 2. The molecule has 2 fully saturated rings. The molecule has 1 heterocycles. The van der Waals surface area contributed by atoms with Crippen LogP contribution in [0, 0.1) is 11.8 Å². The van der Waals surface area contributed by atoms with E-state index in [9.17, 15) is 9.90 Å². The van der Waals surface area contributed by atoms with Crippen LogP contribution in [0.3, 0.4) is 0 Å². The number of benzene rings is 1. The lowest BCUT2D eigenvalue weighted by Crippen LogP contribution is -2.50. The second kappa shape index (κ2) is 14.3. The molecule has 5 nitrogen and oxygen atoms in total. The molecule has 3 rings (SSSR count). The van der Waals surface area contributed by atoms with Crippen molar-refractivity contribution < 1.29 is 9.90 Å². The van der Waals surface area contributed by atoms with Crippen LogP contribution in [0.2, 0.25) is 0 Å². The quantitative estimate of drug-likeness (QED) is 0.279. The second-order valence-electron chi connectivity index (χ2n) is 11.7. The third kappa shape index (κ3) is 8.58. The molecule has 35 heavy (non-hydrogen) atoms. The molecule has 5 heteroatoms. The summed E-state index contributed by atoms with van der Waals surface area (Å²) < 4.78 is 0. The predicted octanol–water partition coefficient (Wildman–Crippen LogP) is 5.22. The van der Waals surface area contributed by atoms with E-state index in [1.54, 1.807) is 6.07 Å². The maximum absolute atomic E-state index is 10.6. The Hall–Kier alpha value is -1.43. The minimum absolute atomic E-state index is 0.133. The van der Waals surface area contributed by atoms with Crippen molar-refractivity contribution in [3.05, 3.63) is 29.8 Å². The molecule has 0 amide bonds. The summed E-state index contributed by atoms with van der Waals surface area (Å²) in [5, 5.41) is 13.5. The molecule has 3 unspecified atom stereocenters. The lowest BCUT2D eigenvalue weighted by atomic mass is 9.68. The first kappa shape index (κ1) is 28.1. The highest BCUT2D eigenvalue weighted by atomic mass is 16.3. The van der Waals surface area contributed by atoms with E-state index in [4.69, 9.17) is 0 Å². The van der Waals surface area contributed by atoms with Crippen LogP contribution < -0.4 is 5.32 Å². The minimum atomic E-state index is 0.133. The van der Waals surface area contributed by atoms with Gasteiger partial charge in [0, 0.05) is 32.1 Å². The Balaban J connectivity index is 1.45. The van der Waals surface area contributed by atoms with Gasteiger partial charge in [-0.15, -0.1) is 0 Å². The molecule has 1 saturated carbocycles. The number of aldehydes is 1. The van der Waals surface area contributed by atoms with Crippen LogP contribution >= 0.6 is 0 Å². The van der Waals surface area contributed by atoms with E-state index in [1.165, 1.54) is 70.1 Å². The van der Waals surface area contributed by atoms with Gasteiger partial charge in [-0.25, -0.2) is 0 Å². The Labute approximate surface area is 214 Å². The van der Waals surface area contributed by atoms with E-state index in [-0.39, 0.29) is 5.41 Å². The second-order valence-corrected chi connectivity index (χ2v) is 11.7. The van der Waals surface area contributed by atoms with E-state index in [2.05, 4.69) is 42.0 Å². The van der Waals surface area contributed by atoms with Gasteiger partial charge in [-0.05, 0) is 93.2 Å². The van der Waals surface area contributed by atoms with Gasteiger partial charge in [0.25, 0.3) is 0 Å². The maximum Gasteiger partial charge on any atom is 0.120 e. The van der Waals surface area contributed by atoms with E-state index in [0.717, 1.165) is 44.9 Å². The zero-order valence-corrected chi connectivity index (χ0v) is 22.7. The molecule has 0 bridgehead atoms. The number of carbonyl (C=O) groups is 1. The Morgan fingerprint density at radius 2 is 2.03 bits per heavy atom. The number of likely N-dealkylation sites (tertiary alicyclic amines) is 1. The zero-order valence-electron chi connectivity index (χ0n) is 22.7. The monoisotopic (exact) mass is 485 g/mol. The number of phenolic OH excluding ortho intramolecular Hbond substituents is 1. The van der Waals surface area contributed by atoms with Crippen molar-refractivity contribution in [2.75, 3.05) is 45.8 Å². The molecule has 1 saturated heterocycles. The fourth-order valence-electron chi connectivity index (χ4n) is 6.16. The van der Waals surface area contributed by atoms with Gasteiger partial charge in [-0.3, -0.25) is 4.90 Å². The first-order valence-corrected chi connectivity index (χ1v) is 14.3. The Morgan fingerprint density at radius 1 is 1.23 bits per heavy atom. The summed E-state index contributed by atoms with van der Waals surface area (Å²) in [4.78, 5) is 16.1. The van der Waals surface area contributed by atoms with Crippen LogP contribution in [0.5, 0.6) is 5.75 Å². The molecular weight excluding hydrogens is 434 g/mol. The van der Waals surface area contributed by atoms with Gasteiger partial charge in [0.1, 0.15) is 12.0 Å². The fourth-order valence-corrected chi connectivity index (χ4v) is 6.16. The summed E-state index contributed by atoms with van der Waals surface area (Å²) in [5.41, 5.74) is 1.41. The molecule has 0 radical (unpaired) electrons. The molecule has 2 N–H and O–H groups in total. The number of phenols is 1. The highest BCUT2D eigenvalue weighted by Crippen LogP contribution is 2.40. The largest absolute Gasteiger partial charge is 0.508 e. The summed E-state index contributed by atoms with van der Waals surface area (Å²) in [7, 11) is 0. The summed E-state index contributed by atoms with van der Waals surface area (Å²) in [6.07, 6.45) is 12.2. The van der Waals surface area contributed by atoms with Crippen LogP contribution in [-0.4, -0.2) is 73.0 Å². The first-order chi connectivity index (χ1) is 16.9. The molecule has 1 aromatic rings. The van der Waals surface area contributed by atoms with Gasteiger partial charge >= 0.3 is 0 Å². The zero-order chi connectivity index (χ0) is 25.1. The van der Waals surface area contributed by atoms with Crippen LogP contribution in [0.4, 0.5) is 0 Å². The van der Waals surface area contributed by atoms with E-state index < -0.39 is 0 Å². The molecule has 0 spiro atoms. The molecule has 3 atom stereocenters. The lowest BCUT2D eigenvalue weighted by Gasteiger charge is -2.46. The number of carbonyl (C=O) groups excluding carboxylic acids is 1. The standard InChI is InChI=1S/C30H51N3O2/c1-25(14-21-34)23-31-16-7-8-17-33(28-11-5-4-6-12-28)20-19-32-18-15-30(3,26(2)24-32)27-10-9-13-29(35)22-27/h9-10,13,21-22,25-26,28,31,35H,4-8,11-12,14-20,23-24H2,1-3H3. The molecule has 198 valence electrons. The molecule has 2 aliphatic rings. The van der Waals surface area contributed by atoms with Crippen molar-refractivity contribution in [1.29, 1.82) is 0 Å². The Morgan fingerprint density at radius 3 is 2.74 bits per heavy atom. The minimum Gasteiger partial charge on any atom is -0.508 e. The third-order valence-corrected chi connectivity index (χ3v) is 8.91. The van der Waals surface area contributed by atoms with Gasteiger partial charge < -0.3 is 20.1 Å². The first-order valence-electron chi connectivity index (χ1n) is 14.3. The molecule has 1 aromatic carbocycles. The summed E-state index contributed by atoms with van der Waals surface area (Å²) in [6, 6.07) is 8.68. The topological polar surface area (TPSA) is 55.8 Å².